The molecule has 0 radical (unpaired) electrons. The van der Waals surface area contributed by atoms with Crippen LogP contribution in [0.1, 0.15) is 56.7 Å². The molecule has 0 spiro atoms. The number of imidazole rings is 1. The molecule has 4 heteroatoms. The van der Waals surface area contributed by atoms with Gasteiger partial charge in [0.15, 0.2) is 0 Å². The zero-order valence-corrected chi connectivity index (χ0v) is 19.5. The van der Waals surface area contributed by atoms with Crippen LogP contribution in [0, 0.1) is 29.6 Å². The Morgan fingerprint density at radius 2 is 1.93 bits per heavy atom. The van der Waals surface area contributed by atoms with Crippen molar-refractivity contribution in [1.82, 2.24) is 9.55 Å². The highest BCUT2D eigenvalue weighted by atomic mass is 31.1. The molecule has 1 heterocycles. The number of aliphatic hydroxyl groups excluding tert-OH is 1. The second-order valence-electron chi connectivity index (χ2n) is 8.07. The summed E-state index contributed by atoms with van der Waals surface area (Å²) in [5.74, 6) is 9.74. The molecule has 0 aliphatic heterocycles. The molecule has 30 heavy (non-hydrogen) atoms. The van der Waals surface area contributed by atoms with E-state index in [0.29, 0.717) is 26.9 Å². The average Bonchev–Trinajstić information content (AvgIpc) is 3.24. The van der Waals surface area contributed by atoms with E-state index in [0.717, 1.165) is 23.0 Å². The Balaban J connectivity index is 1.68. The monoisotopic (exact) mass is 420 g/mol. The summed E-state index contributed by atoms with van der Waals surface area (Å²) in [6, 6.07) is 8.59. The van der Waals surface area contributed by atoms with Gasteiger partial charge in [0.1, 0.15) is 11.9 Å². The number of allylic oxidation sites excluding steroid dienone is 2. The van der Waals surface area contributed by atoms with Crippen molar-refractivity contribution in [2.75, 3.05) is 6.66 Å². The molecule has 158 valence electrons. The van der Waals surface area contributed by atoms with Gasteiger partial charge in [-0.1, -0.05) is 65.8 Å². The van der Waals surface area contributed by atoms with Gasteiger partial charge >= 0.3 is 0 Å². The normalized spacial score (nSPS) is 22.0. The van der Waals surface area contributed by atoms with Crippen molar-refractivity contribution in [3.8, 4) is 11.8 Å². The van der Waals surface area contributed by atoms with Crippen molar-refractivity contribution in [2.45, 2.75) is 46.3 Å². The first kappa shape index (κ1) is 22.5. The minimum absolute atomic E-state index is 0.588. The van der Waals surface area contributed by atoms with E-state index in [4.69, 9.17) is 0 Å². The standard InChI is InChI=1S/C26H33N2OP/c1-6-22-23(7-2)24(22)13-10-20-8-11-21(12-9-20)25(30-5)16-18(3)17-28-15-14-27-26(28)19(4)29/h8-9,11-12,14-16,19,22-24,29-30H,3,6-7,17H2,1-2,4-5H3/b25-16-/t19-,22?,23?,24?/m0/s1. The van der Waals surface area contributed by atoms with Crippen LogP contribution >= 0.6 is 8.58 Å². The molecule has 0 saturated heterocycles. The first-order valence-corrected chi connectivity index (χ1v) is 12.4. The minimum atomic E-state index is -0.589. The Hall–Kier alpha value is -2.14. The van der Waals surface area contributed by atoms with Crippen molar-refractivity contribution < 1.29 is 5.11 Å². The first-order chi connectivity index (χ1) is 14.5. The third-order valence-corrected chi connectivity index (χ3v) is 6.94. The zero-order chi connectivity index (χ0) is 21.7. The number of aliphatic hydroxyl groups is 1. The summed E-state index contributed by atoms with van der Waals surface area (Å²) < 4.78 is 1.95. The van der Waals surface area contributed by atoms with Gasteiger partial charge in [-0.25, -0.2) is 4.98 Å². The van der Waals surface area contributed by atoms with Crippen LogP contribution in [0.25, 0.3) is 5.31 Å². The molecule has 1 aromatic heterocycles. The van der Waals surface area contributed by atoms with E-state index in [1.54, 1.807) is 13.1 Å². The summed E-state index contributed by atoms with van der Waals surface area (Å²) in [6.07, 6.45) is 7.65. The Kier molecular flexibility index (Phi) is 7.70. The molecule has 0 bridgehead atoms. The molecule has 2 aromatic rings. The smallest absolute Gasteiger partial charge is 0.137 e. The molecule has 1 fully saturated rings. The van der Waals surface area contributed by atoms with Gasteiger partial charge in [-0.3, -0.25) is 0 Å². The fourth-order valence-electron chi connectivity index (χ4n) is 4.26. The molecule has 1 aliphatic carbocycles. The van der Waals surface area contributed by atoms with Gasteiger partial charge in [-0.2, -0.15) is 0 Å². The fourth-order valence-corrected chi connectivity index (χ4v) is 5.07. The second-order valence-corrected chi connectivity index (χ2v) is 9.11. The third kappa shape index (κ3) is 5.31. The molecule has 1 saturated carbocycles. The van der Waals surface area contributed by atoms with Gasteiger partial charge in [0, 0.05) is 30.4 Å². The molecule has 4 atom stereocenters. The van der Waals surface area contributed by atoms with Gasteiger partial charge in [-0.05, 0) is 60.1 Å². The lowest BCUT2D eigenvalue weighted by Crippen LogP contribution is -2.07. The van der Waals surface area contributed by atoms with Crippen LogP contribution in [0.3, 0.4) is 0 Å². The van der Waals surface area contributed by atoms with Crippen LogP contribution in [0.15, 0.2) is 54.9 Å². The fraction of sp³-hybridized carbons (Fsp3) is 0.423. The van der Waals surface area contributed by atoms with Crippen molar-refractivity contribution in [2.24, 2.45) is 17.8 Å². The number of benzene rings is 1. The van der Waals surface area contributed by atoms with E-state index in [1.807, 2.05) is 10.8 Å². The number of hydrogen-bond acceptors (Lipinski definition) is 2. The van der Waals surface area contributed by atoms with Crippen LogP contribution in [-0.2, 0) is 6.54 Å². The SMILES string of the molecule is C=C(/C=C(\PC)c1ccc(C#CC2C(CC)C2CC)cc1)Cn1ccnc1[C@H](C)O. The summed E-state index contributed by atoms with van der Waals surface area (Å²) in [5, 5.41) is 11.1. The maximum Gasteiger partial charge on any atom is 0.137 e. The molecule has 0 amide bonds. The van der Waals surface area contributed by atoms with Crippen LogP contribution in [0.4, 0.5) is 0 Å². The molecule has 1 aliphatic rings. The number of hydrogen-bond donors (Lipinski definition) is 1. The molecule has 1 N–H and O–H groups in total. The highest BCUT2D eigenvalue weighted by Gasteiger charge is 2.45. The van der Waals surface area contributed by atoms with Gasteiger partial charge in [0.25, 0.3) is 0 Å². The van der Waals surface area contributed by atoms with Crippen LogP contribution in [-0.4, -0.2) is 21.3 Å². The number of rotatable bonds is 8. The van der Waals surface area contributed by atoms with Gasteiger partial charge in [-0.15, -0.1) is 0 Å². The predicted octanol–water partition coefficient (Wildman–Crippen LogP) is 5.88. The van der Waals surface area contributed by atoms with E-state index in [9.17, 15) is 5.11 Å². The zero-order valence-electron chi connectivity index (χ0n) is 18.5. The van der Waals surface area contributed by atoms with E-state index < -0.39 is 6.10 Å². The van der Waals surface area contributed by atoms with Crippen molar-refractivity contribution >= 4 is 13.9 Å². The lowest BCUT2D eigenvalue weighted by molar-refractivity contribution is 0.184. The van der Waals surface area contributed by atoms with Crippen LogP contribution in [0.2, 0.25) is 0 Å². The molecule has 1 aromatic carbocycles. The lowest BCUT2D eigenvalue weighted by atomic mass is 10.1. The minimum Gasteiger partial charge on any atom is -0.385 e. The summed E-state index contributed by atoms with van der Waals surface area (Å²) >= 11 is 0. The van der Waals surface area contributed by atoms with E-state index >= 15 is 0 Å². The summed E-state index contributed by atoms with van der Waals surface area (Å²) in [4.78, 5) is 4.23. The average molecular weight is 421 g/mol. The number of nitrogens with zero attached hydrogens (tertiary/aromatic N) is 2. The van der Waals surface area contributed by atoms with Crippen molar-refractivity contribution in [3.05, 3.63) is 71.8 Å². The Labute approximate surface area is 183 Å². The van der Waals surface area contributed by atoms with E-state index in [1.165, 1.54) is 23.7 Å². The van der Waals surface area contributed by atoms with Crippen LogP contribution < -0.4 is 0 Å². The van der Waals surface area contributed by atoms with E-state index in [2.05, 4.69) is 74.3 Å². The molecular weight excluding hydrogens is 387 g/mol. The Bertz CT molecular complexity index is 949. The van der Waals surface area contributed by atoms with Crippen molar-refractivity contribution in [1.29, 1.82) is 0 Å². The quantitative estimate of drug-likeness (QED) is 0.329. The van der Waals surface area contributed by atoms with Crippen molar-refractivity contribution in [3.63, 3.8) is 0 Å². The highest BCUT2D eigenvalue weighted by Crippen LogP contribution is 2.50. The first-order valence-electron chi connectivity index (χ1n) is 10.9. The molecule has 3 unspecified atom stereocenters. The molecular formula is C26H33N2OP. The molecule has 3 nitrogen and oxygen atoms in total. The maximum atomic E-state index is 9.84. The van der Waals surface area contributed by atoms with E-state index in [-0.39, 0.29) is 0 Å². The van der Waals surface area contributed by atoms with Gasteiger partial charge in [0.05, 0.1) is 0 Å². The summed E-state index contributed by atoms with van der Waals surface area (Å²) in [6.45, 7) is 13.3. The maximum absolute atomic E-state index is 9.84. The third-order valence-electron chi connectivity index (χ3n) is 5.97. The molecule has 3 rings (SSSR count). The summed E-state index contributed by atoms with van der Waals surface area (Å²) in [5.41, 5.74) is 3.30. The Morgan fingerprint density at radius 1 is 1.27 bits per heavy atom. The summed E-state index contributed by atoms with van der Waals surface area (Å²) in [7, 11) is 0.667. The lowest BCUT2D eigenvalue weighted by Gasteiger charge is -2.11. The Morgan fingerprint density at radius 3 is 2.50 bits per heavy atom. The topological polar surface area (TPSA) is 38.0 Å². The number of aromatic nitrogens is 2. The van der Waals surface area contributed by atoms with Gasteiger partial charge in [0.2, 0.25) is 0 Å². The van der Waals surface area contributed by atoms with Crippen LogP contribution in [0.5, 0.6) is 0 Å². The second kappa shape index (κ2) is 10.3. The van der Waals surface area contributed by atoms with Gasteiger partial charge < -0.3 is 9.67 Å². The highest BCUT2D eigenvalue weighted by molar-refractivity contribution is 7.49. The largest absolute Gasteiger partial charge is 0.385 e. The predicted molar refractivity (Wildman–Crippen MR) is 129 cm³/mol.